The van der Waals surface area contributed by atoms with Gasteiger partial charge in [0.2, 0.25) is 0 Å². The largest absolute Gasteiger partial charge is 0.508 e. The minimum Gasteiger partial charge on any atom is -0.508 e. The molecule has 0 amide bonds. The molecule has 3 rings (SSSR count). The lowest BCUT2D eigenvalue weighted by Crippen LogP contribution is -2.10. The van der Waals surface area contributed by atoms with E-state index in [-0.39, 0.29) is 22.7 Å². The molecule has 0 unspecified atom stereocenters. The zero-order chi connectivity index (χ0) is 16.6. The molecule has 0 aliphatic carbocycles. The number of aromatic amines is 1. The third-order valence-electron chi connectivity index (χ3n) is 3.60. The van der Waals surface area contributed by atoms with Gasteiger partial charge in [-0.25, -0.2) is 4.98 Å². The van der Waals surface area contributed by atoms with Crippen LogP contribution >= 0.6 is 11.3 Å². The van der Waals surface area contributed by atoms with Gasteiger partial charge < -0.3 is 10.1 Å². The number of aryl methyl sites for hydroxylation is 2. The van der Waals surface area contributed by atoms with Crippen LogP contribution in [0.3, 0.4) is 0 Å². The first-order chi connectivity index (χ1) is 11.0. The molecule has 1 aromatic carbocycles. The number of nitriles is 1. The van der Waals surface area contributed by atoms with E-state index in [4.69, 9.17) is 0 Å². The summed E-state index contributed by atoms with van der Waals surface area (Å²) in [5.74, 6) is 0.340. The molecule has 114 valence electrons. The summed E-state index contributed by atoms with van der Waals surface area (Å²) in [6.45, 7) is 3.83. The fourth-order valence-electron chi connectivity index (χ4n) is 2.32. The quantitative estimate of drug-likeness (QED) is 0.708. The molecule has 0 spiro atoms. The number of H-pyrrole nitrogens is 1. The minimum atomic E-state index is -0.246. The second-order valence-corrected chi connectivity index (χ2v) is 6.35. The summed E-state index contributed by atoms with van der Waals surface area (Å²) in [4.78, 5) is 21.0. The number of rotatable bonds is 2. The number of thiophene rings is 1. The summed E-state index contributed by atoms with van der Waals surface area (Å²) in [6, 6.07) is 8.57. The molecule has 0 atom stereocenters. The Hall–Kier alpha value is -2.91. The van der Waals surface area contributed by atoms with E-state index < -0.39 is 0 Å². The van der Waals surface area contributed by atoms with Gasteiger partial charge in [-0.1, -0.05) is 12.1 Å². The van der Waals surface area contributed by atoms with Crippen LogP contribution in [0.4, 0.5) is 0 Å². The van der Waals surface area contributed by atoms with Gasteiger partial charge in [-0.3, -0.25) is 4.79 Å². The first-order valence-corrected chi connectivity index (χ1v) is 7.72. The Bertz CT molecular complexity index is 1040. The van der Waals surface area contributed by atoms with Gasteiger partial charge in [0.1, 0.15) is 16.6 Å². The molecule has 0 aliphatic heterocycles. The van der Waals surface area contributed by atoms with Gasteiger partial charge >= 0.3 is 0 Å². The van der Waals surface area contributed by atoms with E-state index in [2.05, 4.69) is 16.0 Å². The molecule has 0 radical (unpaired) electrons. The zero-order valence-corrected chi connectivity index (χ0v) is 13.4. The number of allylic oxidation sites excluding steroid dienone is 1. The number of hydrogen-bond donors (Lipinski definition) is 2. The van der Waals surface area contributed by atoms with Crippen LogP contribution in [-0.4, -0.2) is 15.1 Å². The third kappa shape index (κ3) is 2.74. The summed E-state index contributed by atoms with van der Waals surface area (Å²) >= 11 is 1.44. The van der Waals surface area contributed by atoms with Gasteiger partial charge in [0.25, 0.3) is 5.56 Å². The van der Waals surface area contributed by atoms with E-state index in [0.717, 1.165) is 10.4 Å². The van der Waals surface area contributed by atoms with Crippen LogP contribution in [0.25, 0.3) is 21.9 Å². The van der Waals surface area contributed by atoms with Crippen molar-refractivity contribution < 1.29 is 5.11 Å². The number of benzene rings is 1. The smallest absolute Gasteiger partial charge is 0.260 e. The normalized spacial score (nSPS) is 11.6. The molecule has 0 bridgehead atoms. The average molecular weight is 323 g/mol. The van der Waals surface area contributed by atoms with Crippen molar-refractivity contribution in [3.05, 3.63) is 56.4 Å². The van der Waals surface area contributed by atoms with Gasteiger partial charge in [-0.05, 0) is 43.2 Å². The van der Waals surface area contributed by atoms with Crippen LogP contribution in [-0.2, 0) is 0 Å². The number of aromatic nitrogens is 2. The van der Waals surface area contributed by atoms with Crippen LogP contribution < -0.4 is 5.56 Å². The third-order valence-corrected chi connectivity index (χ3v) is 4.70. The fraction of sp³-hybridized carbons (Fsp3) is 0.118. The van der Waals surface area contributed by atoms with Gasteiger partial charge in [0.15, 0.2) is 5.82 Å². The number of aromatic hydroxyl groups is 1. The highest BCUT2D eigenvalue weighted by atomic mass is 32.1. The summed E-state index contributed by atoms with van der Waals surface area (Å²) in [7, 11) is 0. The molecule has 0 saturated heterocycles. The highest BCUT2D eigenvalue weighted by Gasteiger charge is 2.13. The summed E-state index contributed by atoms with van der Waals surface area (Å²) in [5, 5.41) is 19.5. The average Bonchev–Trinajstić information content (AvgIpc) is 2.80. The van der Waals surface area contributed by atoms with Gasteiger partial charge in [-0.2, -0.15) is 5.26 Å². The minimum absolute atomic E-state index is 0.109. The van der Waals surface area contributed by atoms with Crippen LogP contribution in [0, 0.1) is 25.2 Å². The highest BCUT2D eigenvalue weighted by molar-refractivity contribution is 7.18. The second-order valence-electron chi connectivity index (χ2n) is 5.14. The monoisotopic (exact) mass is 323 g/mol. The van der Waals surface area contributed by atoms with Gasteiger partial charge in [0, 0.05) is 4.88 Å². The molecule has 2 N–H and O–H groups in total. The topological polar surface area (TPSA) is 89.8 Å². The van der Waals surface area contributed by atoms with Crippen molar-refractivity contribution in [1.29, 1.82) is 5.26 Å². The van der Waals surface area contributed by atoms with E-state index in [1.54, 1.807) is 24.3 Å². The molecular weight excluding hydrogens is 310 g/mol. The number of phenols is 1. The van der Waals surface area contributed by atoms with Crippen molar-refractivity contribution in [3.8, 4) is 11.8 Å². The Morgan fingerprint density at radius 2 is 2.22 bits per heavy atom. The molecule has 5 nitrogen and oxygen atoms in total. The van der Waals surface area contributed by atoms with Crippen molar-refractivity contribution in [2.75, 3.05) is 0 Å². The molecular formula is C17H13N3O2S. The molecule has 3 aromatic rings. The molecule has 2 heterocycles. The number of nitrogens with zero attached hydrogens (tertiary/aromatic N) is 2. The van der Waals surface area contributed by atoms with Crippen molar-refractivity contribution in [2.24, 2.45) is 0 Å². The van der Waals surface area contributed by atoms with Crippen LogP contribution in [0.5, 0.6) is 5.75 Å². The number of fused-ring (bicyclic) bond motifs is 1. The lowest BCUT2D eigenvalue weighted by molar-refractivity contribution is 0.475. The standard InChI is InChI=1S/C17H13N3O2S/c1-9-10(2)23-17-14(9)16(22)19-15(20-17)12(8-18)6-11-4-3-5-13(21)7-11/h3-7,21H,1-2H3,(H,19,20,22)/b12-6-. The maximum atomic E-state index is 12.3. The Kier molecular flexibility index (Phi) is 3.72. The van der Waals surface area contributed by atoms with Crippen molar-refractivity contribution in [2.45, 2.75) is 13.8 Å². The van der Waals surface area contributed by atoms with Crippen LogP contribution in [0.15, 0.2) is 29.1 Å². The second kappa shape index (κ2) is 5.71. The van der Waals surface area contributed by atoms with Crippen LogP contribution in [0.1, 0.15) is 21.8 Å². The molecule has 0 saturated carbocycles. The fourth-order valence-corrected chi connectivity index (χ4v) is 3.35. The van der Waals surface area contributed by atoms with Crippen molar-refractivity contribution in [3.63, 3.8) is 0 Å². The van der Waals surface area contributed by atoms with Crippen molar-refractivity contribution in [1.82, 2.24) is 9.97 Å². The number of nitrogens with one attached hydrogen (secondary N) is 1. The van der Waals surface area contributed by atoms with Gasteiger partial charge in [-0.15, -0.1) is 11.3 Å². The Balaban J connectivity index is 2.18. The molecule has 6 heteroatoms. The Morgan fingerprint density at radius 3 is 2.91 bits per heavy atom. The summed E-state index contributed by atoms with van der Waals surface area (Å²) in [5.41, 5.74) is 1.56. The first-order valence-electron chi connectivity index (χ1n) is 6.91. The summed E-state index contributed by atoms with van der Waals surface area (Å²) < 4.78 is 0. The Labute approximate surface area is 136 Å². The number of hydrogen-bond acceptors (Lipinski definition) is 5. The molecule has 0 fully saturated rings. The Morgan fingerprint density at radius 1 is 1.43 bits per heavy atom. The lowest BCUT2D eigenvalue weighted by atomic mass is 10.1. The summed E-state index contributed by atoms with van der Waals surface area (Å²) in [6.07, 6.45) is 1.58. The van der Waals surface area contributed by atoms with Crippen molar-refractivity contribution >= 4 is 33.2 Å². The maximum Gasteiger partial charge on any atom is 0.260 e. The van der Waals surface area contributed by atoms with E-state index in [1.165, 1.54) is 17.4 Å². The first kappa shape index (κ1) is 15.0. The highest BCUT2D eigenvalue weighted by Crippen LogP contribution is 2.27. The molecule has 23 heavy (non-hydrogen) atoms. The zero-order valence-electron chi connectivity index (χ0n) is 12.5. The molecule has 2 aromatic heterocycles. The predicted octanol–water partition coefficient (Wildman–Crippen LogP) is 3.37. The van der Waals surface area contributed by atoms with Gasteiger partial charge in [0.05, 0.1) is 11.0 Å². The lowest BCUT2D eigenvalue weighted by Gasteiger charge is -2.00. The van der Waals surface area contributed by atoms with Crippen LogP contribution in [0.2, 0.25) is 0 Å². The van der Waals surface area contributed by atoms with E-state index >= 15 is 0 Å². The SMILES string of the molecule is Cc1sc2nc(/C(C#N)=C\c3cccc(O)c3)[nH]c(=O)c2c1C. The predicted molar refractivity (Wildman–Crippen MR) is 91.3 cm³/mol. The molecule has 0 aliphatic rings. The number of phenolic OH excluding ortho intramolecular Hbond substituents is 1. The maximum absolute atomic E-state index is 12.3. The van der Waals surface area contributed by atoms with E-state index in [0.29, 0.717) is 15.8 Å². The van der Waals surface area contributed by atoms with E-state index in [9.17, 15) is 15.2 Å². The van der Waals surface area contributed by atoms with E-state index in [1.807, 2.05) is 13.8 Å².